The molecular weight excluding hydrogens is 381 g/mol. The second kappa shape index (κ2) is 7.35. The summed E-state index contributed by atoms with van der Waals surface area (Å²) in [6, 6.07) is 20.0. The van der Waals surface area contributed by atoms with E-state index in [4.69, 9.17) is 23.2 Å². The molecule has 0 fully saturated rings. The highest BCUT2D eigenvalue weighted by Crippen LogP contribution is 2.27. The van der Waals surface area contributed by atoms with E-state index in [2.05, 4.69) is 15.3 Å². The van der Waals surface area contributed by atoms with Crippen molar-refractivity contribution in [2.24, 2.45) is 0 Å². The summed E-state index contributed by atoms with van der Waals surface area (Å²) in [5.41, 5.74) is 3.25. The summed E-state index contributed by atoms with van der Waals surface area (Å²) in [4.78, 5) is 21.6. The minimum Gasteiger partial charge on any atom is -0.319 e. The lowest BCUT2D eigenvalue weighted by molar-refractivity contribution is 0.102. The van der Waals surface area contributed by atoms with Gasteiger partial charge in [0.15, 0.2) is 5.15 Å². The Hall–Kier alpha value is -2.95. The molecule has 0 unspecified atom stereocenters. The van der Waals surface area contributed by atoms with Crippen molar-refractivity contribution in [2.75, 3.05) is 5.32 Å². The van der Waals surface area contributed by atoms with Gasteiger partial charge in [-0.2, -0.15) is 0 Å². The number of nitrogens with zero attached hydrogens (tertiary/aromatic N) is 2. The van der Waals surface area contributed by atoms with E-state index in [9.17, 15) is 4.79 Å². The molecule has 2 aromatic heterocycles. The average Bonchev–Trinajstić information content (AvgIpc) is 2.69. The maximum Gasteiger partial charge on any atom is 0.256 e. The fraction of sp³-hybridized carbons (Fsp3) is 0. The molecule has 2 heterocycles. The van der Waals surface area contributed by atoms with Crippen LogP contribution in [0.25, 0.3) is 22.2 Å². The van der Waals surface area contributed by atoms with Crippen molar-refractivity contribution in [3.8, 4) is 11.3 Å². The molecule has 1 N–H and O–H groups in total. The summed E-state index contributed by atoms with van der Waals surface area (Å²) in [7, 11) is 0. The maximum atomic E-state index is 13.0. The fourth-order valence-electron chi connectivity index (χ4n) is 2.80. The molecule has 0 atom stereocenters. The second-order valence-electron chi connectivity index (χ2n) is 5.87. The topological polar surface area (TPSA) is 54.9 Å². The van der Waals surface area contributed by atoms with Gasteiger partial charge in [0, 0.05) is 22.2 Å². The van der Waals surface area contributed by atoms with Gasteiger partial charge < -0.3 is 5.32 Å². The summed E-state index contributed by atoms with van der Waals surface area (Å²) in [6.45, 7) is 0. The minimum absolute atomic E-state index is 0.238. The number of pyridine rings is 2. The minimum atomic E-state index is -0.279. The van der Waals surface area contributed by atoms with Crippen molar-refractivity contribution < 1.29 is 4.79 Å². The van der Waals surface area contributed by atoms with Crippen LogP contribution in [0.5, 0.6) is 0 Å². The number of rotatable bonds is 3. The summed E-state index contributed by atoms with van der Waals surface area (Å²) in [5, 5.41) is 4.46. The number of aromatic nitrogens is 2. The monoisotopic (exact) mass is 393 g/mol. The van der Waals surface area contributed by atoms with Gasteiger partial charge in [0.05, 0.1) is 22.5 Å². The third-order valence-electron chi connectivity index (χ3n) is 4.11. The van der Waals surface area contributed by atoms with E-state index in [1.54, 1.807) is 36.5 Å². The van der Waals surface area contributed by atoms with Gasteiger partial charge in [-0.05, 0) is 36.4 Å². The van der Waals surface area contributed by atoms with Crippen molar-refractivity contribution in [2.45, 2.75) is 0 Å². The predicted octanol–water partition coefficient (Wildman–Crippen LogP) is 5.86. The fourth-order valence-corrected chi connectivity index (χ4v) is 3.09. The molecule has 0 bridgehead atoms. The molecule has 27 heavy (non-hydrogen) atoms. The van der Waals surface area contributed by atoms with Crippen LogP contribution < -0.4 is 5.32 Å². The third kappa shape index (κ3) is 3.63. The van der Waals surface area contributed by atoms with Crippen LogP contribution in [0.4, 0.5) is 5.69 Å². The van der Waals surface area contributed by atoms with E-state index in [0.717, 1.165) is 16.5 Å². The molecule has 132 valence electrons. The summed E-state index contributed by atoms with van der Waals surface area (Å²) in [5.74, 6) is -0.279. The highest BCUT2D eigenvalue weighted by atomic mass is 35.5. The van der Waals surface area contributed by atoms with E-state index in [0.29, 0.717) is 22.0 Å². The molecule has 1 amide bonds. The normalized spacial score (nSPS) is 10.7. The Morgan fingerprint density at radius 1 is 0.926 bits per heavy atom. The van der Waals surface area contributed by atoms with Crippen molar-refractivity contribution >= 4 is 45.7 Å². The quantitative estimate of drug-likeness (QED) is 0.443. The van der Waals surface area contributed by atoms with Crippen molar-refractivity contribution in [3.63, 3.8) is 0 Å². The van der Waals surface area contributed by atoms with Crippen LogP contribution in [-0.4, -0.2) is 15.9 Å². The smallest absolute Gasteiger partial charge is 0.256 e. The number of carbonyl (C=O) groups excluding carboxylic acids is 1. The van der Waals surface area contributed by atoms with Crippen molar-refractivity contribution in [1.82, 2.24) is 9.97 Å². The molecule has 4 nitrogen and oxygen atoms in total. The Bertz CT molecular complexity index is 1140. The van der Waals surface area contributed by atoms with Crippen LogP contribution in [0.1, 0.15) is 10.4 Å². The standard InChI is InChI=1S/C21H13Cl2N3O/c22-14-9-7-13(8-10-14)19-12-16(15-4-1-2-5-17(15)25-19)21(27)26-18-6-3-11-24-20(18)23/h1-12H,(H,26,27). The van der Waals surface area contributed by atoms with Crippen LogP contribution in [0.3, 0.4) is 0 Å². The van der Waals surface area contributed by atoms with Crippen LogP contribution >= 0.6 is 23.2 Å². The van der Waals surface area contributed by atoms with Crippen LogP contribution in [0, 0.1) is 0 Å². The Morgan fingerprint density at radius 3 is 2.48 bits per heavy atom. The maximum absolute atomic E-state index is 13.0. The number of anilines is 1. The van der Waals surface area contributed by atoms with E-state index in [1.807, 2.05) is 36.4 Å². The first kappa shape index (κ1) is 17.5. The first-order valence-corrected chi connectivity index (χ1v) is 8.95. The largest absolute Gasteiger partial charge is 0.319 e. The molecule has 0 aliphatic carbocycles. The molecule has 2 aromatic carbocycles. The Kier molecular flexibility index (Phi) is 4.75. The number of hydrogen-bond acceptors (Lipinski definition) is 3. The Morgan fingerprint density at radius 2 is 1.70 bits per heavy atom. The number of nitrogens with one attached hydrogen (secondary N) is 1. The molecule has 0 saturated carbocycles. The zero-order chi connectivity index (χ0) is 18.8. The average molecular weight is 394 g/mol. The van der Waals surface area contributed by atoms with Gasteiger partial charge in [0.25, 0.3) is 5.91 Å². The third-order valence-corrected chi connectivity index (χ3v) is 4.66. The molecule has 0 radical (unpaired) electrons. The summed E-state index contributed by atoms with van der Waals surface area (Å²) >= 11 is 12.0. The van der Waals surface area contributed by atoms with Gasteiger partial charge in [0.2, 0.25) is 0 Å². The first-order chi connectivity index (χ1) is 13.1. The summed E-state index contributed by atoms with van der Waals surface area (Å²) in [6.07, 6.45) is 1.57. The molecule has 6 heteroatoms. The van der Waals surface area contributed by atoms with E-state index < -0.39 is 0 Å². The highest BCUT2D eigenvalue weighted by molar-refractivity contribution is 6.32. The molecule has 0 aliphatic rings. The molecular formula is C21H13Cl2N3O. The van der Waals surface area contributed by atoms with Gasteiger partial charge in [-0.1, -0.05) is 53.5 Å². The SMILES string of the molecule is O=C(Nc1cccnc1Cl)c1cc(-c2ccc(Cl)cc2)nc2ccccc12. The van der Waals surface area contributed by atoms with Crippen LogP contribution in [0.2, 0.25) is 10.2 Å². The molecule has 0 saturated heterocycles. The number of amides is 1. The lowest BCUT2D eigenvalue weighted by Crippen LogP contribution is -2.13. The lowest BCUT2D eigenvalue weighted by atomic mass is 10.0. The second-order valence-corrected chi connectivity index (χ2v) is 6.67. The van der Waals surface area contributed by atoms with Crippen LogP contribution in [-0.2, 0) is 0 Å². The number of carbonyl (C=O) groups is 1. The number of halogens is 2. The number of benzene rings is 2. The zero-order valence-electron chi connectivity index (χ0n) is 14.0. The Balaban J connectivity index is 1.82. The van der Waals surface area contributed by atoms with Crippen molar-refractivity contribution in [3.05, 3.63) is 88.7 Å². The lowest BCUT2D eigenvalue weighted by Gasteiger charge is -2.11. The van der Waals surface area contributed by atoms with Crippen molar-refractivity contribution in [1.29, 1.82) is 0 Å². The zero-order valence-corrected chi connectivity index (χ0v) is 15.5. The molecule has 4 aromatic rings. The number of fused-ring (bicyclic) bond motifs is 1. The van der Waals surface area contributed by atoms with Crippen LogP contribution in [0.15, 0.2) is 72.9 Å². The number of para-hydroxylation sites is 1. The number of hydrogen-bond donors (Lipinski definition) is 1. The molecule has 0 spiro atoms. The predicted molar refractivity (Wildman–Crippen MR) is 109 cm³/mol. The van der Waals surface area contributed by atoms with Gasteiger partial charge in [-0.15, -0.1) is 0 Å². The Labute approximate surface area is 165 Å². The van der Waals surface area contributed by atoms with Gasteiger partial charge in [-0.3, -0.25) is 4.79 Å². The summed E-state index contributed by atoms with van der Waals surface area (Å²) < 4.78 is 0. The van der Waals surface area contributed by atoms with E-state index in [-0.39, 0.29) is 11.1 Å². The molecule has 4 rings (SSSR count). The van der Waals surface area contributed by atoms with E-state index >= 15 is 0 Å². The highest BCUT2D eigenvalue weighted by Gasteiger charge is 2.15. The first-order valence-electron chi connectivity index (χ1n) is 8.19. The van der Waals surface area contributed by atoms with Gasteiger partial charge in [-0.25, -0.2) is 9.97 Å². The van der Waals surface area contributed by atoms with Gasteiger partial charge in [0.1, 0.15) is 0 Å². The molecule has 0 aliphatic heterocycles. The van der Waals surface area contributed by atoms with E-state index in [1.165, 1.54) is 0 Å². The van der Waals surface area contributed by atoms with Gasteiger partial charge >= 0.3 is 0 Å².